The van der Waals surface area contributed by atoms with Crippen LogP contribution >= 0.6 is 0 Å². The maximum Gasteiger partial charge on any atom is 0.234 e. The highest BCUT2D eigenvalue weighted by Crippen LogP contribution is 2.19. The van der Waals surface area contributed by atoms with E-state index in [1.807, 2.05) is 29.8 Å². The molecular formula is C12H10N4. The van der Waals surface area contributed by atoms with Gasteiger partial charge in [0.1, 0.15) is 0 Å². The molecule has 16 heavy (non-hydrogen) atoms. The molecule has 0 aliphatic heterocycles. The molecule has 0 saturated carbocycles. The molecule has 4 nitrogen and oxygen atoms in total. The Bertz CT molecular complexity index is 628. The highest BCUT2D eigenvalue weighted by molar-refractivity contribution is 5.80. The smallest absolute Gasteiger partial charge is 0.234 e. The van der Waals surface area contributed by atoms with Crippen molar-refractivity contribution in [2.24, 2.45) is 0 Å². The van der Waals surface area contributed by atoms with Crippen molar-refractivity contribution in [3.05, 3.63) is 48.5 Å². The van der Waals surface area contributed by atoms with Crippen LogP contribution in [0.5, 0.6) is 0 Å². The van der Waals surface area contributed by atoms with Crippen molar-refractivity contribution >= 4 is 11.0 Å². The van der Waals surface area contributed by atoms with E-state index in [1.165, 1.54) is 0 Å². The lowest BCUT2D eigenvalue weighted by atomic mass is 10.3. The van der Waals surface area contributed by atoms with Crippen LogP contribution in [0.4, 0.5) is 0 Å². The van der Waals surface area contributed by atoms with Crippen molar-refractivity contribution in [1.29, 1.82) is 0 Å². The fourth-order valence-corrected chi connectivity index (χ4v) is 1.80. The number of aromatic nitrogens is 4. The summed E-state index contributed by atoms with van der Waals surface area (Å²) in [6, 6.07) is 5.74. The Labute approximate surface area is 92.6 Å². The standard InChI is InChI=1S/C12H10N4/c1-9-8-16(12-14-6-3-7-15-12)10-4-2-5-13-11(9)10/h2-8H,1H3. The molecule has 3 heterocycles. The van der Waals surface area contributed by atoms with E-state index in [-0.39, 0.29) is 0 Å². The summed E-state index contributed by atoms with van der Waals surface area (Å²) >= 11 is 0. The van der Waals surface area contributed by atoms with Crippen molar-refractivity contribution in [3.8, 4) is 5.95 Å². The van der Waals surface area contributed by atoms with Gasteiger partial charge in [0, 0.05) is 24.8 Å². The average Bonchev–Trinajstić information content (AvgIpc) is 2.69. The minimum absolute atomic E-state index is 0.675. The number of rotatable bonds is 1. The first-order valence-corrected chi connectivity index (χ1v) is 5.06. The minimum Gasteiger partial charge on any atom is -0.283 e. The SMILES string of the molecule is Cc1cn(-c2ncccn2)c2cccnc12. The number of fused-ring (bicyclic) bond motifs is 1. The molecular weight excluding hydrogens is 200 g/mol. The summed E-state index contributed by atoms with van der Waals surface area (Å²) in [6.07, 6.45) is 7.28. The van der Waals surface area contributed by atoms with Crippen molar-refractivity contribution in [1.82, 2.24) is 19.5 Å². The van der Waals surface area contributed by atoms with Gasteiger partial charge in [-0.25, -0.2) is 9.97 Å². The Hall–Kier alpha value is -2.23. The van der Waals surface area contributed by atoms with Gasteiger partial charge in [-0.15, -0.1) is 0 Å². The Morgan fingerprint density at radius 2 is 1.75 bits per heavy atom. The van der Waals surface area contributed by atoms with Gasteiger partial charge in [0.05, 0.1) is 11.0 Å². The fraction of sp³-hybridized carbons (Fsp3) is 0.0833. The van der Waals surface area contributed by atoms with Crippen molar-refractivity contribution in [3.63, 3.8) is 0 Å². The van der Waals surface area contributed by atoms with E-state index in [0.717, 1.165) is 16.6 Å². The van der Waals surface area contributed by atoms with Crippen molar-refractivity contribution < 1.29 is 0 Å². The lowest BCUT2D eigenvalue weighted by molar-refractivity contribution is 0.958. The van der Waals surface area contributed by atoms with Gasteiger partial charge in [0.2, 0.25) is 5.95 Å². The minimum atomic E-state index is 0.675. The zero-order chi connectivity index (χ0) is 11.0. The van der Waals surface area contributed by atoms with Crippen molar-refractivity contribution in [2.45, 2.75) is 6.92 Å². The molecule has 0 N–H and O–H groups in total. The number of pyridine rings is 1. The van der Waals surface area contributed by atoms with E-state index < -0.39 is 0 Å². The predicted molar refractivity (Wildman–Crippen MR) is 61.4 cm³/mol. The van der Waals surface area contributed by atoms with Crippen LogP contribution in [-0.4, -0.2) is 19.5 Å². The van der Waals surface area contributed by atoms with Crippen LogP contribution in [0.1, 0.15) is 5.56 Å². The molecule has 3 rings (SSSR count). The number of nitrogens with zero attached hydrogens (tertiary/aromatic N) is 4. The van der Waals surface area contributed by atoms with Gasteiger partial charge < -0.3 is 0 Å². The maximum absolute atomic E-state index is 4.35. The average molecular weight is 210 g/mol. The molecule has 0 fully saturated rings. The normalized spacial score (nSPS) is 10.8. The van der Waals surface area contributed by atoms with Crippen LogP contribution in [0, 0.1) is 6.92 Å². The second-order valence-electron chi connectivity index (χ2n) is 3.60. The summed E-state index contributed by atoms with van der Waals surface area (Å²) in [5.41, 5.74) is 3.16. The number of aryl methyl sites for hydroxylation is 1. The number of hydrogen-bond acceptors (Lipinski definition) is 3. The lowest BCUT2D eigenvalue weighted by Gasteiger charge is -2.00. The van der Waals surface area contributed by atoms with Crippen LogP contribution in [-0.2, 0) is 0 Å². The topological polar surface area (TPSA) is 43.6 Å². The Balaban J connectivity index is 2.33. The molecule has 3 aromatic rings. The summed E-state index contributed by atoms with van der Waals surface area (Å²) in [5.74, 6) is 0.675. The zero-order valence-corrected chi connectivity index (χ0v) is 8.83. The summed E-state index contributed by atoms with van der Waals surface area (Å²) in [6.45, 7) is 2.04. The van der Waals surface area contributed by atoms with Crippen LogP contribution in [0.2, 0.25) is 0 Å². The largest absolute Gasteiger partial charge is 0.283 e. The second-order valence-corrected chi connectivity index (χ2v) is 3.60. The van der Waals surface area contributed by atoms with Crippen LogP contribution in [0.15, 0.2) is 43.0 Å². The maximum atomic E-state index is 4.35. The first-order valence-electron chi connectivity index (χ1n) is 5.06. The van der Waals surface area contributed by atoms with Gasteiger partial charge in [-0.1, -0.05) is 0 Å². The molecule has 4 heteroatoms. The predicted octanol–water partition coefficient (Wildman–Crippen LogP) is 2.12. The van der Waals surface area contributed by atoms with Crippen molar-refractivity contribution in [2.75, 3.05) is 0 Å². The lowest BCUT2D eigenvalue weighted by Crippen LogP contribution is -1.97. The van der Waals surface area contributed by atoms with E-state index in [9.17, 15) is 0 Å². The van der Waals surface area contributed by atoms with Crippen LogP contribution < -0.4 is 0 Å². The van der Waals surface area contributed by atoms with Gasteiger partial charge in [-0.3, -0.25) is 9.55 Å². The highest BCUT2D eigenvalue weighted by atomic mass is 15.1. The molecule has 0 radical (unpaired) electrons. The molecule has 0 atom stereocenters. The van der Waals surface area contributed by atoms with Gasteiger partial charge in [-0.2, -0.15) is 0 Å². The highest BCUT2D eigenvalue weighted by Gasteiger charge is 2.08. The Kier molecular flexibility index (Phi) is 1.93. The molecule has 0 aliphatic carbocycles. The molecule has 0 amide bonds. The summed E-state index contributed by atoms with van der Waals surface area (Å²) in [4.78, 5) is 12.8. The first-order chi connectivity index (χ1) is 7.86. The van der Waals surface area contributed by atoms with E-state index in [4.69, 9.17) is 0 Å². The second kappa shape index (κ2) is 3.41. The van der Waals surface area contributed by atoms with Gasteiger partial charge >= 0.3 is 0 Å². The van der Waals surface area contributed by atoms with Gasteiger partial charge in [-0.05, 0) is 30.7 Å². The third-order valence-electron chi connectivity index (χ3n) is 2.51. The monoisotopic (exact) mass is 210 g/mol. The molecule has 0 bridgehead atoms. The number of hydrogen-bond donors (Lipinski definition) is 0. The van der Waals surface area contributed by atoms with Gasteiger partial charge in [0.25, 0.3) is 0 Å². The van der Waals surface area contributed by atoms with E-state index >= 15 is 0 Å². The van der Waals surface area contributed by atoms with Crippen LogP contribution in [0.3, 0.4) is 0 Å². The zero-order valence-electron chi connectivity index (χ0n) is 8.83. The van der Waals surface area contributed by atoms with E-state index in [1.54, 1.807) is 24.7 Å². The van der Waals surface area contributed by atoms with E-state index in [0.29, 0.717) is 5.95 Å². The first kappa shape index (κ1) is 9.03. The Morgan fingerprint density at radius 1 is 1.00 bits per heavy atom. The fourth-order valence-electron chi connectivity index (χ4n) is 1.80. The third-order valence-corrected chi connectivity index (χ3v) is 2.51. The summed E-state index contributed by atoms with van der Waals surface area (Å²) < 4.78 is 1.96. The quantitative estimate of drug-likeness (QED) is 0.618. The molecule has 0 spiro atoms. The molecule has 0 aliphatic rings. The molecule has 78 valence electrons. The van der Waals surface area contributed by atoms with Crippen LogP contribution in [0.25, 0.3) is 17.0 Å². The van der Waals surface area contributed by atoms with E-state index in [2.05, 4.69) is 15.0 Å². The molecule has 0 saturated heterocycles. The summed E-state index contributed by atoms with van der Waals surface area (Å²) in [5, 5.41) is 0. The molecule has 0 unspecified atom stereocenters. The Morgan fingerprint density at radius 3 is 2.56 bits per heavy atom. The summed E-state index contributed by atoms with van der Waals surface area (Å²) in [7, 11) is 0. The molecule has 0 aromatic carbocycles. The third kappa shape index (κ3) is 1.27. The van der Waals surface area contributed by atoms with Gasteiger partial charge in [0.15, 0.2) is 0 Å². The molecule has 3 aromatic heterocycles.